The molecule has 0 radical (unpaired) electrons. The van der Waals surface area contributed by atoms with Gasteiger partial charge in [0, 0.05) is 20.3 Å². The highest BCUT2D eigenvalue weighted by Gasteiger charge is 2.05. The third-order valence-corrected chi connectivity index (χ3v) is 3.08. The highest BCUT2D eigenvalue weighted by molar-refractivity contribution is 7.16. The predicted octanol–water partition coefficient (Wildman–Crippen LogP) is 1.83. The van der Waals surface area contributed by atoms with Gasteiger partial charge in [0.15, 0.2) is 5.82 Å². The van der Waals surface area contributed by atoms with Crippen LogP contribution in [0.1, 0.15) is 12.2 Å². The maximum absolute atomic E-state index is 5.83. The highest BCUT2D eigenvalue weighted by atomic mass is 32.1. The monoisotopic (exact) mass is 253 g/mol. The second-order valence-corrected chi connectivity index (χ2v) is 4.46. The molecule has 5 nitrogen and oxygen atoms in total. The third-order valence-electron chi connectivity index (χ3n) is 2.27. The lowest BCUT2D eigenvalue weighted by atomic mass is 10.4. The van der Waals surface area contributed by atoms with Crippen LogP contribution in [0.3, 0.4) is 0 Å². The predicted molar refractivity (Wildman–Crippen MR) is 68.0 cm³/mol. The van der Waals surface area contributed by atoms with Gasteiger partial charge in [-0.2, -0.15) is 0 Å². The van der Waals surface area contributed by atoms with Crippen LogP contribution >= 0.6 is 11.3 Å². The Morgan fingerprint density at radius 3 is 3.06 bits per heavy atom. The van der Waals surface area contributed by atoms with Crippen LogP contribution in [-0.2, 0) is 16.1 Å². The highest BCUT2D eigenvalue weighted by Crippen LogP contribution is 2.22. The maximum Gasteiger partial charge on any atom is 0.158 e. The van der Waals surface area contributed by atoms with Crippen LogP contribution in [0, 0.1) is 0 Å². The van der Waals surface area contributed by atoms with E-state index in [9.17, 15) is 0 Å². The molecule has 0 unspecified atom stereocenters. The van der Waals surface area contributed by atoms with Crippen LogP contribution in [0.15, 0.2) is 11.4 Å². The van der Waals surface area contributed by atoms with Gasteiger partial charge in [-0.25, -0.2) is 9.97 Å². The number of rotatable bonds is 6. The molecule has 17 heavy (non-hydrogen) atoms. The molecule has 2 N–H and O–H groups in total. The van der Waals surface area contributed by atoms with Gasteiger partial charge in [0.25, 0.3) is 0 Å². The molecule has 2 rings (SSSR count). The Bertz CT molecular complexity index is 487. The van der Waals surface area contributed by atoms with E-state index in [1.807, 2.05) is 11.4 Å². The number of aromatic nitrogens is 2. The minimum atomic E-state index is 0.391. The van der Waals surface area contributed by atoms with Crippen molar-refractivity contribution in [2.75, 3.05) is 26.1 Å². The lowest BCUT2D eigenvalue weighted by molar-refractivity contribution is 0.0893. The molecule has 0 aliphatic heterocycles. The van der Waals surface area contributed by atoms with Gasteiger partial charge < -0.3 is 15.2 Å². The standard InChI is InChI=1S/C11H15N3O2S/c1-15-4-2-5-16-7-9-13-10(12)8-3-6-17-11(8)14-9/h3,6H,2,4-5,7H2,1H3,(H2,12,13,14). The Hall–Kier alpha value is -1.24. The average molecular weight is 253 g/mol. The molecule has 6 heteroatoms. The van der Waals surface area contributed by atoms with Crippen molar-refractivity contribution in [1.82, 2.24) is 9.97 Å². The SMILES string of the molecule is COCCCOCc1nc(N)c2ccsc2n1. The van der Waals surface area contributed by atoms with E-state index in [-0.39, 0.29) is 0 Å². The van der Waals surface area contributed by atoms with Crippen molar-refractivity contribution in [2.45, 2.75) is 13.0 Å². The Labute approximate surface area is 104 Å². The summed E-state index contributed by atoms with van der Waals surface area (Å²) in [6.45, 7) is 1.73. The zero-order valence-electron chi connectivity index (χ0n) is 9.68. The number of ether oxygens (including phenoxy) is 2. The number of hydrogen-bond acceptors (Lipinski definition) is 6. The van der Waals surface area contributed by atoms with Crippen LogP contribution in [0.4, 0.5) is 5.82 Å². The first-order chi connectivity index (χ1) is 8.31. The molecule has 0 spiro atoms. The number of fused-ring (bicyclic) bond motifs is 1. The molecule has 0 amide bonds. The van der Waals surface area contributed by atoms with Gasteiger partial charge in [-0.15, -0.1) is 11.3 Å². The summed E-state index contributed by atoms with van der Waals surface area (Å²) in [5, 5.41) is 2.87. The summed E-state index contributed by atoms with van der Waals surface area (Å²) in [6.07, 6.45) is 0.868. The number of nitrogens with two attached hydrogens (primary N) is 1. The quantitative estimate of drug-likeness (QED) is 0.795. The molecule has 0 aliphatic rings. The number of methoxy groups -OCH3 is 1. The van der Waals surface area contributed by atoms with E-state index in [0.29, 0.717) is 31.5 Å². The number of thiophene rings is 1. The Morgan fingerprint density at radius 1 is 1.35 bits per heavy atom. The topological polar surface area (TPSA) is 70.3 Å². The normalized spacial score (nSPS) is 11.1. The lowest BCUT2D eigenvalue weighted by Gasteiger charge is -2.04. The fraction of sp³-hybridized carbons (Fsp3) is 0.455. The number of nitrogens with zero attached hydrogens (tertiary/aromatic N) is 2. The van der Waals surface area contributed by atoms with Crippen molar-refractivity contribution in [3.63, 3.8) is 0 Å². The van der Waals surface area contributed by atoms with E-state index < -0.39 is 0 Å². The first-order valence-electron chi connectivity index (χ1n) is 5.37. The van der Waals surface area contributed by atoms with Crippen LogP contribution in [0.2, 0.25) is 0 Å². The van der Waals surface area contributed by atoms with E-state index in [2.05, 4.69) is 9.97 Å². The molecular formula is C11H15N3O2S. The van der Waals surface area contributed by atoms with Gasteiger partial charge in [-0.1, -0.05) is 0 Å². The Kier molecular flexibility index (Phi) is 4.24. The number of nitrogen functional groups attached to an aromatic ring is 1. The molecule has 2 aromatic heterocycles. The Balaban J connectivity index is 1.94. The van der Waals surface area contributed by atoms with Crippen LogP contribution in [0.25, 0.3) is 10.2 Å². The molecule has 0 bridgehead atoms. The van der Waals surface area contributed by atoms with Crippen LogP contribution < -0.4 is 5.73 Å². The minimum absolute atomic E-state index is 0.391. The number of anilines is 1. The van der Waals surface area contributed by atoms with Crippen molar-refractivity contribution in [1.29, 1.82) is 0 Å². The summed E-state index contributed by atoms with van der Waals surface area (Å²) >= 11 is 1.56. The van der Waals surface area contributed by atoms with Crippen molar-refractivity contribution in [2.24, 2.45) is 0 Å². The molecule has 0 fully saturated rings. The third kappa shape index (κ3) is 3.12. The molecule has 0 saturated heterocycles. The molecule has 2 aromatic rings. The van der Waals surface area contributed by atoms with Crippen molar-refractivity contribution >= 4 is 27.4 Å². The summed E-state index contributed by atoms with van der Waals surface area (Å²) in [4.78, 5) is 9.50. The van der Waals surface area contributed by atoms with Crippen molar-refractivity contribution < 1.29 is 9.47 Å². The fourth-order valence-corrected chi connectivity index (χ4v) is 2.25. The van der Waals surface area contributed by atoms with Crippen molar-refractivity contribution in [3.05, 3.63) is 17.3 Å². The first-order valence-corrected chi connectivity index (χ1v) is 6.25. The number of hydrogen-bond donors (Lipinski definition) is 1. The van der Waals surface area contributed by atoms with E-state index in [1.165, 1.54) is 0 Å². The van der Waals surface area contributed by atoms with Crippen LogP contribution in [0.5, 0.6) is 0 Å². The van der Waals surface area contributed by atoms with Gasteiger partial charge in [-0.3, -0.25) is 0 Å². The summed E-state index contributed by atoms with van der Waals surface area (Å²) in [6, 6.07) is 1.93. The molecule has 0 atom stereocenters. The van der Waals surface area contributed by atoms with Gasteiger partial charge >= 0.3 is 0 Å². The van der Waals surface area contributed by atoms with Gasteiger partial charge in [0.05, 0.1) is 5.39 Å². The summed E-state index contributed by atoms with van der Waals surface area (Å²) in [7, 11) is 1.68. The second kappa shape index (κ2) is 5.90. The smallest absolute Gasteiger partial charge is 0.158 e. The average Bonchev–Trinajstić information content (AvgIpc) is 2.77. The van der Waals surface area contributed by atoms with Gasteiger partial charge in [0.2, 0.25) is 0 Å². The largest absolute Gasteiger partial charge is 0.385 e. The van der Waals surface area contributed by atoms with E-state index >= 15 is 0 Å². The zero-order chi connectivity index (χ0) is 12.1. The molecule has 0 aliphatic carbocycles. The lowest BCUT2D eigenvalue weighted by Crippen LogP contribution is -2.04. The van der Waals surface area contributed by atoms with Gasteiger partial charge in [0.1, 0.15) is 17.3 Å². The fourth-order valence-electron chi connectivity index (χ4n) is 1.46. The van der Waals surface area contributed by atoms with Crippen molar-refractivity contribution in [3.8, 4) is 0 Å². The molecule has 0 saturated carbocycles. The first kappa shape index (κ1) is 12.2. The minimum Gasteiger partial charge on any atom is -0.385 e. The molecule has 92 valence electrons. The summed E-state index contributed by atoms with van der Waals surface area (Å²) < 4.78 is 10.4. The molecule has 0 aromatic carbocycles. The van der Waals surface area contributed by atoms with E-state index in [4.69, 9.17) is 15.2 Å². The zero-order valence-corrected chi connectivity index (χ0v) is 10.5. The molecule has 2 heterocycles. The maximum atomic E-state index is 5.83. The Morgan fingerprint density at radius 2 is 2.24 bits per heavy atom. The van der Waals surface area contributed by atoms with E-state index in [1.54, 1.807) is 18.4 Å². The van der Waals surface area contributed by atoms with E-state index in [0.717, 1.165) is 16.6 Å². The van der Waals surface area contributed by atoms with Gasteiger partial charge in [-0.05, 0) is 17.9 Å². The molecular weight excluding hydrogens is 238 g/mol. The summed E-state index contributed by atoms with van der Waals surface area (Å²) in [5.74, 6) is 1.15. The van der Waals surface area contributed by atoms with Crippen LogP contribution in [-0.4, -0.2) is 30.3 Å². The second-order valence-electron chi connectivity index (χ2n) is 3.56. The summed E-state index contributed by atoms with van der Waals surface area (Å²) in [5.41, 5.74) is 5.83.